The molecule has 1 fully saturated rings. The Morgan fingerprint density at radius 2 is 1.67 bits per heavy atom. The van der Waals surface area contributed by atoms with Crippen LogP contribution in [0.1, 0.15) is 34.3 Å². The number of hydrogen-bond donors (Lipinski definition) is 1. The summed E-state index contributed by atoms with van der Waals surface area (Å²) in [4.78, 5) is 13.2. The number of nitrogens with one attached hydrogen (secondary N) is 1. The molecule has 6 heteroatoms. The number of para-hydroxylation sites is 1. The first-order chi connectivity index (χ1) is 16.2. The summed E-state index contributed by atoms with van der Waals surface area (Å²) in [7, 11) is 0. The van der Waals surface area contributed by atoms with Gasteiger partial charge in [0, 0.05) is 36.3 Å². The zero-order valence-corrected chi connectivity index (χ0v) is 18.4. The van der Waals surface area contributed by atoms with Gasteiger partial charge in [0.25, 0.3) is 5.91 Å². The monoisotopic (exact) mass is 445 g/mol. The fourth-order valence-corrected chi connectivity index (χ4v) is 4.45. The van der Waals surface area contributed by atoms with Gasteiger partial charge < -0.3 is 24.3 Å². The fraction of sp³-hybridized carbons (Fsp3) is 0.296. The van der Waals surface area contributed by atoms with E-state index >= 15 is 0 Å². The molecule has 170 valence electrons. The van der Waals surface area contributed by atoms with Crippen molar-refractivity contribution in [3.63, 3.8) is 0 Å². The Balaban J connectivity index is 1.32. The minimum absolute atomic E-state index is 0.103. The van der Waals surface area contributed by atoms with Crippen molar-refractivity contribution in [2.45, 2.75) is 24.9 Å². The van der Waals surface area contributed by atoms with Crippen LogP contribution < -0.4 is 19.5 Å². The van der Waals surface area contributed by atoms with Crippen LogP contribution in [0.5, 0.6) is 17.2 Å². The van der Waals surface area contributed by atoms with Crippen molar-refractivity contribution in [3.8, 4) is 17.2 Å². The zero-order valence-electron chi connectivity index (χ0n) is 18.4. The first-order valence-corrected chi connectivity index (χ1v) is 11.3. The molecule has 0 atom stereocenters. The van der Waals surface area contributed by atoms with E-state index in [9.17, 15) is 4.79 Å². The predicted molar refractivity (Wildman–Crippen MR) is 124 cm³/mol. The third-order valence-electron chi connectivity index (χ3n) is 6.42. The minimum Gasteiger partial charge on any atom is -0.489 e. The molecular formula is C27H27NO5. The maximum absolute atomic E-state index is 13.2. The van der Waals surface area contributed by atoms with Crippen molar-refractivity contribution in [1.29, 1.82) is 0 Å². The van der Waals surface area contributed by atoms with Crippen LogP contribution >= 0.6 is 0 Å². The van der Waals surface area contributed by atoms with Gasteiger partial charge in [-0.15, -0.1) is 0 Å². The van der Waals surface area contributed by atoms with Gasteiger partial charge in [0.15, 0.2) is 11.5 Å². The average molecular weight is 446 g/mol. The number of hydrogen-bond acceptors (Lipinski definition) is 5. The summed E-state index contributed by atoms with van der Waals surface area (Å²) in [5.41, 5.74) is 2.39. The Hall–Kier alpha value is -3.51. The Morgan fingerprint density at radius 1 is 0.909 bits per heavy atom. The molecule has 1 saturated heterocycles. The van der Waals surface area contributed by atoms with Gasteiger partial charge in [-0.25, -0.2) is 0 Å². The molecule has 3 aromatic rings. The molecule has 2 aliphatic rings. The largest absolute Gasteiger partial charge is 0.489 e. The summed E-state index contributed by atoms with van der Waals surface area (Å²) in [5, 5.41) is 3.19. The Kier molecular flexibility index (Phi) is 6.17. The number of fused-ring (bicyclic) bond motifs is 1. The number of carbonyl (C=O) groups is 1. The summed E-state index contributed by atoms with van der Waals surface area (Å²) < 4.78 is 22.6. The fourth-order valence-electron chi connectivity index (χ4n) is 4.45. The first-order valence-electron chi connectivity index (χ1n) is 11.3. The van der Waals surface area contributed by atoms with Crippen LogP contribution in [0.15, 0.2) is 72.8 Å². The lowest BCUT2D eigenvalue weighted by atomic mass is 9.74. The highest BCUT2D eigenvalue weighted by Crippen LogP contribution is 2.40. The lowest BCUT2D eigenvalue weighted by Gasteiger charge is -2.38. The average Bonchev–Trinajstić information content (AvgIpc) is 3.35. The van der Waals surface area contributed by atoms with E-state index in [1.807, 2.05) is 66.7 Å². The SMILES string of the molecule is O=C(NCC1(c2ccc3c(c2)OCO3)CCOCC1)c1ccccc1COc1ccccc1. The van der Waals surface area contributed by atoms with Crippen LogP contribution in [-0.4, -0.2) is 32.5 Å². The second-order valence-corrected chi connectivity index (χ2v) is 8.40. The van der Waals surface area contributed by atoms with E-state index < -0.39 is 0 Å². The molecule has 0 radical (unpaired) electrons. The second-order valence-electron chi connectivity index (χ2n) is 8.40. The highest BCUT2D eigenvalue weighted by atomic mass is 16.7. The molecule has 2 heterocycles. The molecule has 6 nitrogen and oxygen atoms in total. The highest BCUT2D eigenvalue weighted by Gasteiger charge is 2.36. The summed E-state index contributed by atoms with van der Waals surface area (Å²) in [5.74, 6) is 2.19. The van der Waals surface area contributed by atoms with E-state index in [-0.39, 0.29) is 18.1 Å². The van der Waals surface area contributed by atoms with Gasteiger partial charge >= 0.3 is 0 Å². The van der Waals surface area contributed by atoms with Crippen molar-refractivity contribution in [2.24, 2.45) is 0 Å². The predicted octanol–water partition coefficient (Wildman–Crippen LogP) is 4.47. The number of benzene rings is 3. The number of amides is 1. The van der Waals surface area contributed by atoms with E-state index in [0.717, 1.165) is 41.2 Å². The van der Waals surface area contributed by atoms with Gasteiger partial charge in [-0.05, 0) is 48.7 Å². The molecule has 5 rings (SSSR count). The second kappa shape index (κ2) is 9.55. The quantitative estimate of drug-likeness (QED) is 0.581. The molecule has 0 aliphatic carbocycles. The van der Waals surface area contributed by atoms with E-state index in [1.165, 1.54) is 0 Å². The van der Waals surface area contributed by atoms with Gasteiger partial charge in [-0.3, -0.25) is 4.79 Å². The smallest absolute Gasteiger partial charge is 0.251 e. The minimum atomic E-state index is -0.218. The molecule has 0 unspecified atom stereocenters. The van der Waals surface area contributed by atoms with E-state index in [1.54, 1.807) is 0 Å². The third-order valence-corrected chi connectivity index (χ3v) is 6.42. The highest BCUT2D eigenvalue weighted by molar-refractivity contribution is 5.95. The molecule has 0 spiro atoms. The van der Waals surface area contributed by atoms with Crippen molar-refractivity contribution in [2.75, 3.05) is 26.6 Å². The van der Waals surface area contributed by atoms with Crippen molar-refractivity contribution in [1.82, 2.24) is 5.32 Å². The summed E-state index contributed by atoms with van der Waals surface area (Å²) >= 11 is 0. The van der Waals surface area contributed by atoms with Crippen LogP contribution in [0.3, 0.4) is 0 Å². The lowest BCUT2D eigenvalue weighted by Crippen LogP contribution is -2.44. The van der Waals surface area contributed by atoms with E-state index in [2.05, 4.69) is 11.4 Å². The Bertz CT molecular complexity index is 1110. The number of ether oxygens (including phenoxy) is 4. The molecule has 1 N–H and O–H groups in total. The summed E-state index contributed by atoms with van der Waals surface area (Å²) in [6.45, 7) is 2.41. The summed E-state index contributed by atoms with van der Waals surface area (Å²) in [6, 6.07) is 23.3. The molecule has 3 aromatic carbocycles. The normalized spacial score (nSPS) is 16.2. The lowest BCUT2D eigenvalue weighted by molar-refractivity contribution is 0.0486. The number of carbonyl (C=O) groups excluding carboxylic acids is 1. The van der Waals surface area contributed by atoms with E-state index in [4.69, 9.17) is 18.9 Å². The van der Waals surface area contributed by atoms with Crippen molar-refractivity contribution in [3.05, 3.63) is 89.5 Å². The van der Waals surface area contributed by atoms with Crippen LogP contribution in [-0.2, 0) is 16.8 Å². The Labute approximate surface area is 193 Å². The standard InChI is InChI=1S/C27H27NO5/c29-26(23-9-5-4-6-20(23)17-31-22-7-2-1-3-8-22)28-18-27(12-14-30-15-13-27)21-10-11-24-25(16-21)33-19-32-24/h1-11,16H,12-15,17-19H2,(H,28,29). The van der Waals surface area contributed by atoms with Gasteiger partial charge in [0.2, 0.25) is 6.79 Å². The summed E-state index contributed by atoms with van der Waals surface area (Å²) in [6.07, 6.45) is 1.65. The Morgan fingerprint density at radius 3 is 2.52 bits per heavy atom. The zero-order chi connectivity index (χ0) is 22.5. The van der Waals surface area contributed by atoms with E-state index in [0.29, 0.717) is 31.9 Å². The van der Waals surface area contributed by atoms with Gasteiger partial charge in [0.05, 0.1) is 0 Å². The molecule has 1 amide bonds. The van der Waals surface area contributed by atoms with Gasteiger partial charge in [0.1, 0.15) is 12.4 Å². The van der Waals surface area contributed by atoms with Crippen molar-refractivity contribution < 1.29 is 23.7 Å². The third kappa shape index (κ3) is 4.66. The molecule has 0 bridgehead atoms. The van der Waals surface area contributed by atoms with Crippen LogP contribution in [0.25, 0.3) is 0 Å². The van der Waals surface area contributed by atoms with Crippen LogP contribution in [0, 0.1) is 0 Å². The van der Waals surface area contributed by atoms with Gasteiger partial charge in [-0.1, -0.05) is 42.5 Å². The molecule has 33 heavy (non-hydrogen) atoms. The van der Waals surface area contributed by atoms with Crippen molar-refractivity contribution >= 4 is 5.91 Å². The first kappa shape index (κ1) is 21.3. The molecule has 0 saturated carbocycles. The van der Waals surface area contributed by atoms with Gasteiger partial charge in [-0.2, -0.15) is 0 Å². The topological polar surface area (TPSA) is 66.0 Å². The van der Waals surface area contributed by atoms with Crippen LogP contribution in [0.4, 0.5) is 0 Å². The van der Waals surface area contributed by atoms with Crippen LogP contribution in [0.2, 0.25) is 0 Å². The maximum Gasteiger partial charge on any atom is 0.251 e. The molecule has 0 aromatic heterocycles. The maximum atomic E-state index is 13.2. The number of rotatable bonds is 7. The molecule has 2 aliphatic heterocycles. The molecular weight excluding hydrogens is 418 g/mol.